The second-order valence-corrected chi connectivity index (χ2v) is 4.07. The maximum atomic E-state index is 11.3. The lowest BCUT2D eigenvalue weighted by atomic mass is 10.2. The van der Waals surface area contributed by atoms with Gasteiger partial charge in [0.05, 0.1) is 12.8 Å². The summed E-state index contributed by atoms with van der Waals surface area (Å²) in [6.07, 6.45) is 3.30. The monoisotopic (exact) mass is 240 g/mol. The summed E-state index contributed by atoms with van der Waals surface area (Å²) in [5.74, 6) is 0.396. The fraction of sp³-hybridized carbons (Fsp3) is 0.0714. The van der Waals surface area contributed by atoms with Gasteiger partial charge in [-0.1, -0.05) is 18.2 Å². The SMILES string of the molecule is COC1=CC(=O)NC1=Cc1cc2ccccc2[nH]1. The van der Waals surface area contributed by atoms with Crippen LogP contribution in [0, 0.1) is 0 Å². The molecular weight excluding hydrogens is 228 g/mol. The maximum Gasteiger partial charge on any atom is 0.252 e. The average molecular weight is 240 g/mol. The van der Waals surface area contributed by atoms with Gasteiger partial charge in [-0.3, -0.25) is 4.79 Å². The number of methoxy groups -OCH3 is 1. The van der Waals surface area contributed by atoms with Crippen LogP contribution in [0.2, 0.25) is 0 Å². The highest BCUT2D eigenvalue weighted by Gasteiger charge is 2.17. The summed E-state index contributed by atoms with van der Waals surface area (Å²) >= 11 is 0. The molecule has 4 heteroatoms. The van der Waals surface area contributed by atoms with Gasteiger partial charge in [-0.2, -0.15) is 0 Å². The molecule has 1 aromatic carbocycles. The van der Waals surface area contributed by atoms with Crippen molar-refractivity contribution in [1.29, 1.82) is 0 Å². The van der Waals surface area contributed by atoms with Crippen LogP contribution in [-0.4, -0.2) is 18.0 Å². The maximum absolute atomic E-state index is 11.3. The summed E-state index contributed by atoms with van der Waals surface area (Å²) in [4.78, 5) is 14.5. The second-order valence-electron chi connectivity index (χ2n) is 4.07. The zero-order valence-electron chi connectivity index (χ0n) is 9.86. The van der Waals surface area contributed by atoms with Gasteiger partial charge in [0.2, 0.25) is 0 Å². The zero-order valence-corrected chi connectivity index (χ0v) is 9.86. The van der Waals surface area contributed by atoms with Crippen molar-refractivity contribution in [3.05, 3.63) is 53.6 Å². The standard InChI is InChI=1S/C14H12N2O2/c1-18-13-8-14(17)16-12(13)7-10-6-9-4-2-3-5-11(9)15-10/h2-8,15H,1H3,(H,16,17). The Morgan fingerprint density at radius 2 is 2.11 bits per heavy atom. The molecule has 2 N–H and O–H groups in total. The van der Waals surface area contributed by atoms with E-state index < -0.39 is 0 Å². The first-order valence-electron chi connectivity index (χ1n) is 5.63. The Hall–Kier alpha value is -2.49. The first-order valence-corrected chi connectivity index (χ1v) is 5.63. The highest BCUT2D eigenvalue weighted by molar-refractivity contribution is 5.95. The van der Waals surface area contributed by atoms with Crippen molar-refractivity contribution in [2.24, 2.45) is 0 Å². The van der Waals surface area contributed by atoms with Crippen LogP contribution in [0.15, 0.2) is 47.9 Å². The van der Waals surface area contributed by atoms with Crippen LogP contribution in [0.5, 0.6) is 0 Å². The van der Waals surface area contributed by atoms with Crippen molar-refractivity contribution >= 4 is 22.9 Å². The van der Waals surface area contributed by atoms with Gasteiger partial charge >= 0.3 is 0 Å². The van der Waals surface area contributed by atoms with Gasteiger partial charge in [-0.05, 0) is 23.6 Å². The number of hydrogen-bond acceptors (Lipinski definition) is 2. The van der Waals surface area contributed by atoms with Gasteiger partial charge in [0, 0.05) is 17.3 Å². The van der Waals surface area contributed by atoms with Gasteiger partial charge < -0.3 is 15.0 Å². The van der Waals surface area contributed by atoms with Crippen molar-refractivity contribution in [3.63, 3.8) is 0 Å². The molecule has 2 aromatic rings. The third kappa shape index (κ3) is 1.78. The van der Waals surface area contributed by atoms with E-state index in [0.29, 0.717) is 11.5 Å². The lowest BCUT2D eigenvalue weighted by Crippen LogP contribution is -2.13. The Balaban J connectivity index is 2.01. The smallest absolute Gasteiger partial charge is 0.252 e. The largest absolute Gasteiger partial charge is 0.494 e. The zero-order chi connectivity index (χ0) is 12.5. The summed E-state index contributed by atoms with van der Waals surface area (Å²) in [5, 5.41) is 3.87. The van der Waals surface area contributed by atoms with Crippen LogP contribution in [-0.2, 0) is 9.53 Å². The molecular formula is C14H12N2O2. The van der Waals surface area contributed by atoms with E-state index in [1.165, 1.54) is 6.08 Å². The Labute approximate surface area is 104 Å². The first kappa shape index (κ1) is 10.7. The van der Waals surface area contributed by atoms with Gasteiger partial charge in [0.15, 0.2) is 0 Å². The number of rotatable bonds is 2. The van der Waals surface area contributed by atoms with Crippen molar-refractivity contribution in [3.8, 4) is 0 Å². The number of carbonyl (C=O) groups is 1. The fourth-order valence-corrected chi connectivity index (χ4v) is 2.03. The summed E-state index contributed by atoms with van der Waals surface area (Å²) in [6, 6.07) is 10.0. The molecule has 0 bridgehead atoms. The summed E-state index contributed by atoms with van der Waals surface area (Å²) in [7, 11) is 1.55. The highest BCUT2D eigenvalue weighted by Crippen LogP contribution is 2.20. The van der Waals surface area contributed by atoms with Crippen molar-refractivity contribution < 1.29 is 9.53 Å². The highest BCUT2D eigenvalue weighted by atomic mass is 16.5. The topological polar surface area (TPSA) is 54.1 Å². The Morgan fingerprint density at radius 3 is 2.89 bits per heavy atom. The van der Waals surface area contributed by atoms with E-state index in [9.17, 15) is 4.79 Å². The van der Waals surface area contributed by atoms with Crippen molar-refractivity contribution in [1.82, 2.24) is 10.3 Å². The third-order valence-electron chi connectivity index (χ3n) is 2.86. The van der Waals surface area contributed by atoms with Crippen molar-refractivity contribution in [2.75, 3.05) is 7.11 Å². The van der Waals surface area contributed by atoms with Crippen LogP contribution in [0.25, 0.3) is 17.0 Å². The molecule has 0 fully saturated rings. The molecule has 2 heterocycles. The van der Waals surface area contributed by atoms with Crippen LogP contribution in [0.3, 0.4) is 0 Å². The van der Waals surface area contributed by atoms with E-state index in [1.807, 2.05) is 36.4 Å². The Bertz CT molecular complexity index is 647. The molecule has 1 aromatic heterocycles. The Kier molecular flexibility index (Phi) is 2.41. The molecule has 3 rings (SSSR count). The lowest BCUT2D eigenvalue weighted by Gasteiger charge is -2.02. The number of fused-ring (bicyclic) bond motifs is 1. The van der Waals surface area contributed by atoms with Gasteiger partial charge in [0.1, 0.15) is 5.76 Å². The molecule has 0 spiro atoms. The first-order chi connectivity index (χ1) is 8.76. The molecule has 0 radical (unpaired) electrons. The molecule has 18 heavy (non-hydrogen) atoms. The van der Waals surface area contributed by atoms with Crippen LogP contribution in [0.4, 0.5) is 0 Å². The number of hydrogen-bond donors (Lipinski definition) is 2. The minimum atomic E-state index is -0.158. The molecule has 4 nitrogen and oxygen atoms in total. The van der Waals surface area contributed by atoms with E-state index in [-0.39, 0.29) is 5.91 Å². The number of ether oxygens (including phenoxy) is 1. The predicted octanol–water partition coefficient (Wildman–Crippen LogP) is 2.17. The molecule has 90 valence electrons. The van der Waals surface area contributed by atoms with E-state index in [2.05, 4.69) is 10.3 Å². The number of nitrogens with one attached hydrogen (secondary N) is 2. The number of amides is 1. The van der Waals surface area contributed by atoms with Crippen molar-refractivity contribution in [2.45, 2.75) is 0 Å². The lowest BCUT2D eigenvalue weighted by molar-refractivity contribution is -0.115. The van der Waals surface area contributed by atoms with E-state index in [1.54, 1.807) is 7.11 Å². The van der Waals surface area contributed by atoms with Gasteiger partial charge in [-0.25, -0.2) is 0 Å². The molecule has 0 saturated heterocycles. The van der Waals surface area contributed by atoms with E-state index in [4.69, 9.17) is 4.74 Å². The number of carbonyl (C=O) groups excluding carboxylic acids is 1. The molecule has 0 saturated carbocycles. The van der Waals surface area contributed by atoms with Gasteiger partial charge in [0.25, 0.3) is 5.91 Å². The van der Waals surface area contributed by atoms with E-state index >= 15 is 0 Å². The molecule has 1 amide bonds. The number of H-pyrrole nitrogens is 1. The summed E-state index contributed by atoms with van der Waals surface area (Å²) < 4.78 is 5.14. The summed E-state index contributed by atoms with van der Waals surface area (Å²) in [5.41, 5.74) is 2.67. The fourth-order valence-electron chi connectivity index (χ4n) is 2.03. The molecule has 0 unspecified atom stereocenters. The third-order valence-corrected chi connectivity index (χ3v) is 2.86. The normalized spacial score (nSPS) is 17.1. The molecule has 1 aliphatic rings. The Morgan fingerprint density at radius 1 is 1.28 bits per heavy atom. The predicted molar refractivity (Wildman–Crippen MR) is 69.5 cm³/mol. The van der Waals surface area contributed by atoms with Crippen LogP contribution < -0.4 is 5.32 Å². The summed E-state index contributed by atoms with van der Waals surface area (Å²) in [6.45, 7) is 0. The number of benzene rings is 1. The number of aromatic nitrogens is 1. The minimum absolute atomic E-state index is 0.158. The molecule has 1 aliphatic heterocycles. The average Bonchev–Trinajstić information content (AvgIpc) is 2.92. The van der Waals surface area contributed by atoms with Crippen LogP contribution >= 0.6 is 0 Å². The van der Waals surface area contributed by atoms with Gasteiger partial charge in [-0.15, -0.1) is 0 Å². The van der Waals surface area contributed by atoms with E-state index in [0.717, 1.165) is 16.6 Å². The second kappa shape index (κ2) is 4.07. The number of aromatic amines is 1. The quantitative estimate of drug-likeness (QED) is 0.845. The van der Waals surface area contributed by atoms with Crippen LogP contribution in [0.1, 0.15) is 5.69 Å². The number of para-hydroxylation sites is 1. The minimum Gasteiger partial charge on any atom is -0.494 e. The molecule has 0 aliphatic carbocycles. The molecule has 0 atom stereocenters.